The zero-order valence-corrected chi connectivity index (χ0v) is 12.5. The molecule has 4 heterocycles. The first kappa shape index (κ1) is 13.1. The van der Waals surface area contributed by atoms with E-state index in [0.29, 0.717) is 29.7 Å². The lowest BCUT2D eigenvalue weighted by Gasteiger charge is -2.24. The Morgan fingerprint density at radius 2 is 1.96 bits per heavy atom. The largest absolute Gasteiger partial charge is 0.485 e. The van der Waals surface area contributed by atoms with E-state index >= 15 is 0 Å². The lowest BCUT2D eigenvalue weighted by Crippen LogP contribution is -2.22. The van der Waals surface area contributed by atoms with Crippen LogP contribution in [0.5, 0.6) is 11.5 Å². The Balaban J connectivity index is 1.56. The highest BCUT2D eigenvalue weighted by atomic mass is 16.6. The average molecular weight is 320 g/mol. The average Bonchev–Trinajstić information content (AvgIpc) is 3.30. The minimum absolute atomic E-state index is 0.351. The number of fused-ring (bicyclic) bond motifs is 2. The van der Waals surface area contributed by atoms with Crippen LogP contribution in [0.2, 0.25) is 0 Å². The third-order valence-electron chi connectivity index (χ3n) is 3.83. The molecule has 24 heavy (non-hydrogen) atoms. The van der Waals surface area contributed by atoms with E-state index in [1.807, 2.05) is 42.5 Å². The number of benzene rings is 1. The van der Waals surface area contributed by atoms with Gasteiger partial charge in [0.25, 0.3) is 5.78 Å². The number of hydrogen-bond donors (Lipinski definition) is 0. The van der Waals surface area contributed by atoms with Crippen molar-refractivity contribution < 1.29 is 13.9 Å². The van der Waals surface area contributed by atoms with Gasteiger partial charge in [-0.15, -0.1) is 5.10 Å². The van der Waals surface area contributed by atoms with E-state index in [1.54, 1.807) is 17.0 Å². The first-order valence-electron chi connectivity index (χ1n) is 7.52. The van der Waals surface area contributed by atoms with Crippen molar-refractivity contribution in [2.24, 2.45) is 0 Å². The van der Waals surface area contributed by atoms with Gasteiger partial charge in [-0.2, -0.15) is 9.50 Å². The molecule has 0 unspecified atom stereocenters. The standard InChI is InChI=1S/C17H12N4O3/c1-2-5-14-13(4-1)23-10-15(24-14)16-19-17-18-8-7-11(21(17)20-16)12-6-3-9-22-12/h1-9,15H,10H2/t15-/m0/s1. The van der Waals surface area contributed by atoms with E-state index in [2.05, 4.69) is 15.1 Å². The summed E-state index contributed by atoms with van der Waals surface area (Å²) >= 11 is 0. The number of ether oxygens (including phenoxy) is 2. The molecule has 0 spiro atoms. The zero-order valence-electron chi connectivity index (χ0n) is 12.5. The Morgan fingerprint density at radius 3 is 2.83 bits per heavy atom. The van der Waals surface area contributed by atoms with Crippen LogP contribution in [0.15, 0.2) is 59.3 Å². The first-order chi connectivity index (χ1) is 11.9. The number of nitrogens with zero attached hydrogens (tertiary/aromatic N) is 4. The van der Waals surface area contributed by atoms with Crippen LogP contribution in [0.1, 0.15) is 11.9 Å². The molecule has 7 heteroatoms. The second kappa shape index (κ2) is 5.09. The first-order valence-corrected chi connectivity index (χ1v) is 7.52. The molecular formula is C17H12N4O3. The molecule has 1 atom stereocenters. The Hall–Kier alpha value is -3.35. The van der Waals surface area contributed by atoms with Crippen LogP contribution in [0.25, 0.3) is 17.2 Å². The summed E-state index contributed by atoms with van der Waals surface area (Å²) in [5.74, 6) is 3.13. The summed E-state index contributed by atoms with van der Waals surface area (Å²) in [4.78, 5) is 8.74. The topological polar surface area (TPSA) is 74.7 Å². The maximum atomic E-state index is 5.96. The maximum absolute atomic E-state index is 5.96. The second-order valence-corrected chi connectivity index (χ2v) is 5.35. The van der Waals surface area contributed by atoms with Crippen molar-refractivity contribution in [1.29, 1.82) is 0 Å². The lowest BCUT2D eigenvalue weighted by atomic mass is 10.2. The van der Waals surface area contributed by atoms with Crippen LogP contribution in [-0.4, -0.2) is 26.2 Å². The quantitative estimate of drug-likeness (QED) is 0.565. The molecule has 1 aliphatic heterocycles. The molecule has 0 N–H and O–H groups in total. The van der Waals surface area contributed by atoms with E-state index < -0.39 is 0 Å². The van der Waals surface area contributed by atoms with E-state index in [4.69, 9.17) is 13.9 Å². The van der Waals surface area contributed by atoms with Gasteiger partial charge in [-0.05, 0) is 30.3 Å². The molecule has 118 valence electrons. The molecule has 0 radical (unpaired) electrons. The third kappa shape index (κ3) is 2.02. The van der Waals surface area contributed by atoms with Crippen molar-refractivity contribution in [3.63, 3.8) is 0 Å². The molecule has 1 aliphatic rings. The summed E-state index contributed by atoms with van der Waals surface area (Å²) in [7, 11) is 0. The number of hydrogen-bond acceptors (Lipinski definition) is 6. The molecule has 3 aromatic heterocycles. The van der Waals surface area contributed by atoms with Gasteiger partial charge in [0.05, 0.1) is 6.26 Å². The lowest BCUT2D eigenvalue weighted by molar-refractivity contribution is 0.0852. The van der Waals surface area contributed by atoms with Gasteiger partial charge in [0.15, 0.2) is 29.2 Å². The minimum Gasteiger partial charge on any atom is -0.485 e. The Bertz CT molecular complexity index is 1010. The maximum Gasteiger partial charge on any atom is 0.253 e. The summed E-state index contributed by atoms with van der Waals surface area (Å²) in [5.41, 5.74) is 0.779. The molecular weight excluding hydrogens is 308 g/mol. The molecule has 5 rings (SSSR count). The molecule has 7 nitrogen and oxygen atoms in total. The van der Waals surface area contributed by atoms with E-state index in [0.717, 1.165) is 11.4 Å². The fraction of sp³-hybridized carbons (Fsp3) is 0.118. The van der Waals surface area contributed by atoms with Gasteiger partial charge >= 0.3 is 0 Å². The predicted molar refractivity (Wildman–Crippen MR) is 83.8 cm³/mol. The molecule has 0 fully saturated rings. The van der Waals surface area contributed by atoms with Crippen molar-refractivity contribution in [2.75, 3.05) is 6.61 Å². The smallest absolute Gasteiger partial charge is 0.253 e. The molecule has 0 saturated heterocycles. The van der Waals surface area contributed by atoms with Crippen molar-refractivity contribution in [1.82, 2.24) is 19.6 Å². The Kier molecular flexibility index (Phi) is 2.78. The minimum atomic E-state index is -0.383. The number of para-hydroxylation sites is 2. The fourth-order valence-corrected chi connectivity index (χ4v) is 2.70. The van der Waals surface area contributed by atoms with E-state index in [1.165, 1.54) is 0 Å². The number of furan rings is 1. The second-order valence-electron chi connectivity index (χ2n) is 5.35. The number of rotatable bonds is 2. The SMILES string of the molecule is c1coc(-c2ccnc3nc([C@@H]4COc5ccccc5O4)nn23)c1. The Morgan fingerprint density at radius 1 is 1.04 bits per heavy atom. The monoisotopic (exact) mass is 320 g/mol. The van der Waals surface area contributed by atoms with Gasteiger partial charge in [0, 0.05) is 6.20 Å². The third-order valence-corrected chi connectivity index (χ3v) is 3.83. The van der Waals surface area contributed by atoms with E-state index in [-0.39, 0.29) is 6.10 Å². The molecule has 4 aromatic rings. The molecule has 1 aromatic carbocycles. The van der Waals surface area contributed by atoms with Gasteiger partial charge in [0.1, 0.15) is 12.3 Å². The van der Waals surface area contributed by atoms with Crippen molar-refractivity contribution >= 4 is 5.78 Å². The highest BCUT2D eigenvalue weighted by Gasteiger charge is 2.26. The van der Waals surface area contributed by atoms with Crippen molar-refractivity contribution in [3.8, 4) is 23.0 Å². The van der Waals surface area contributed by atoms with Crippen LogP contribution >= 0.6 is 0 Å². The summed E-state index contributed by atoms with van der Waals surface area (Å²) in [6.07, 6.45) is 2.92. The highest BCUT2D eigenvalue weighted by molar-refractivity contribution is 5.55. The van der Waals surface area contributed by atoms with Gasteiger partial charge in [-0.25, -0.2) is 4.98 Å². The highest BCUT2D eigenvalue weighted by Crippen LogP contribution is 2.35. The van der Waals surface area contributed by atoms with E-state index in [9.17, 15) is 0 Å². The number of aromatic nitrogens is 4. The molecule has 0 bridgehead atoms. The fourth-order valence-electron chi connectivity index (χ4n) is 2.70. The summed E-state index contributed by atoms with van der Waals surface area (Å²) in [6.45, 7) is 0.351. The molecule has 0 amide bonds. The van der Waals surface area contributed by atoms with Crippen molar-refractivity contribution in [3.05, 3.63) is 60.7 Å². The van der Waals surface area contributed by atoms with Crippen LogP contribution in [0.4, 0.5) is 0 Å². The zero-order chi connectivity index (χ0) is 15.9. The summed E-state index contributed by atoms with van der Waals surface area (Å²) in [5, 5.41) is 4.54. The van der Waals surface area contributed by atoms with Crippen LogP contribution in [0.3, 0.4) is 0 Å². The van der Waals surface area contributed by atoms with Crippen LogP contribution in [0, 0.1) is 0 Å². The normalized spacial score (nSPS) is 16.4. The molecule has 0 aliphatic carbocycles. The van der Waals surface area contributed by atoms with Crippen molar-refractivity contribution in [2.45, 2.75) is 6.10 Å². The summed E-state index contributed by atoms with van der Waals surface area (Å²) < 4.78 is 18.8. The van der Waals surface area contributed by atoms with Crippen LogP contribution < -0.4 is 9.47 Å². The van der Waals surface area contributed by atoms with Gasteiger partial charge in [-0.3, -0.25) is 0 Å². The van der Waals surface area contributed by atoms with Crippen LogP contribution in [-0.2, 0) is 0 Å². The van der Waals surface area contributed by atoms with Gasteiger partial charge in [-0.1, -0.05) is 12.1 Å². The Labute approximate surface area is 136 Å². The van der Waals surface area contributed by atoms with Gasteiger partial charge in [0.2, 0.25) is 0 Å². The van der Waals surface area contributed by atoms with Gasteiger partial charge < -0.3 is 13.9 Å². The predicted octanol–water partition coefficient (Wildman–Crippen LogP) is 2.90. The summed E-state index contributed by atoms with van der Waals surface area (Å²) in [6, 6.07) is 13.1. The molecule has 0 saturated carbocycles.